The highest BCUT2D eigenvalue weighted by molar-refractivity contribution is 5.97. The average molecular weight is 590 g/mol. The Morgan fingerprint density at radius 1 is 0.578 bits per heavy atom. The molecule has 0 amide bonds. The number of anilines is 5. The minimum Gasteiger partial charge on any atom is -0.374 e. The Bertz CT molecular complexity index is 1710. The zero-order valence-corrected chi connectivity index (χ0v) is 25.9. The Balaban J connectivity index is 0.934. The number of fused-ring (bicyclic) bond motifs is 2. The maximum Gasteiger partial charge on any atom is 0.169 e. The molecule has 4 heteroatoms. The summed E-state index contributed by atoms with van der Waals surface area (Å²) >= 11 is 0. The molecule has 1 aromatic heterocycles. The van der Waals surface area contributed by atoms with E-state index in [2.05, 4.69) is 171 Å². The van der Waals surface area contributed by atoms with Crippen LogP contribution in [0.4, 0.5) is 28.4 Å². The molecule has 0 fully saturated rings. The third-order valence-corrected chi connectivity index (χ3v) is 8.88. The van der Waals surface area contributed by atoms with Gasteiger partial charge in [-0.2, -0.15) is 0 Å². The minimum atomic E-state index is 0.974. The number of allylic oxidation sites excluding steroid dienone is 2. The number of pyridine rings is 1. The van der Waals surface area contributed by atoms with Gasteiger partial charge in [0.2, 0.25) is 0 Å². The predicted molar refractivity (Wildman–Crippen MR) is 187 cm³/mol. The third-order valence-electron chi connectivity index (χ3n) is 8.88. The van der Waals surface area contributed by atoms with Crippen molar-refractivity contribution in [2.24, 2.45) is 0 Å². The summed E-state index contributed by atoms with van der Waals surface area (Å²) in [5, 5.41) is 0. The zero-order chi connectivity index (χ0) is 30.3. The molecular weight excluding hydrogens is 548 g/mol. The van der Waals surface area contributed by atoms with E-state index in [-0.39, 0.29) is 0 Å². The van der Waals surface area contributed by atoms with Crippen LogP contribution in [0.2, 0.25) is 0 Å². The van der Waals surface area contributed by atoms with Crippen molar-refractivity contribution in [2.75, 3.05) is 29.4 Å². The van der Waals surface area contributed by atoms with E-state index < -0.39 is 0 Å². The molecule has 4 nitrogen and oxygen atoms in total. The summed E-state index contributed by atoms with van der Waals surface area (Å²) in [6.07, 6.45) is 15.9. The fourth-order valence-corrected chi connectivity index (χ4v) is 6.52. The van der Waals surface area contributed by atoms with Gasteiger partial charge < -0.3 is 14.7 Å². The number of aromatic nitrogens is 1. The molecule has 0 spiro atoms. The van der Waals surface area contributed by atoms with E-state index in [1.54, 1.807) is 0 Å². The van der Waals surface area contributed by atoms with Crippen LogP contribution < -0.4 is 14.4 Å². The molecule has 5 aromatic rings. The fraction of sp³-hybridized carbons (Fsp3) is 0.195. The Hall–Kier alpha value is -5.09. The lowest BCUT2D eigenvalue weighted by molar-refractivity contribution is -0.697. The molecule has 7 rings (SSSR count). The largest absolute Gasteiger partial charge is 0.374 e. The normalized spacial score (nSPS) is 13.8. The van der Waals surface area contributed by atoms with Crippen LogP contribution in [0.5, 0.6) is 0 Å². The lowest BCUT2D eigenvalue weighted by atomic mass is 10.0. The molecule has 0 N–H and O–H groups in total. The van der Waals surface area contributed by atoms with Crippen LogP contribution in [-0.2, 0) is 13.0 Å². The van der Waals surface area contributed by atoms with E-state index in [1.807, 2.05) is 0 Å². The summed E-state index contributed by atoms with van der Waals surface area (Å²) < 4.78 is 2.32. The highest BCUT2D eigenvalue weighted by Gasteiger charge is 2.28. The molecule has 224 valence electrons. The second-order valence-corrected chi connectivity index (χ2v) is 11.9. The molecule has 0 radical (unpaired) electrons. The molecule has 0 atom stereocenters. The Labute approximate surface area is 267 Å². The van der Waals surface area contributed by atoms with Gasteiger partial charge in [-0.15, -0.1) is 0 Å². The van der Waals surface area contributed by atoms with E-state index in [4.69, 9.17) is 0 Å². The standard InChI is InChI=1S/C41H41N4/c1-3-14-34(15-4-1)16-13-28-43-32-25-36(26-33-43)35-23-30-42(31-24-35)27-11-12-29-44-38-19-7-9-21-40(38)45(37-17-5-2-6-18-37)41-22-10-8-20-39(41)44/h1-10,14-15,17-26,30-32H,11-13,16,27-29,33H2/q+1. The van der Waals surface area contributed by atoms with Gasteiger partial charge in [-0.25, -0.2) is 4.57 Å². The quantitative estimate of drug-likeness (QED) is 0.113. The van der Waals surface area contributed by atoms with Crippen LogP contribution in [0.25, 0.3) is 5.57 Å². The predicted octanol–water partition coefficient (Wildman–Crippen LogP) is 9.22. The van der Waals surface area contributed by atoms with Crippen molar-refractivity contribution in [1.29, 1.82) is 0 Å². The SMILES string of the molecule is C1=CN(CCCc2ccccc2)CC=C1c1cc[n+](CCCCN2c3ccccc3N(c3ccccc3)c3ccccc32)cc1. The number of nitrogens with zero attached hydrogens (tertiary/aromatic N) is 4. The van der Waals surface area contributed by atoms with Gasteiger partial charge in [0.1, 0.15) is 6.54 Å². The van der Waals surface area contributed by atoms with Crippen molar-refractivity contribution in [1.82, 2.24) is 4.90 Å². The van der Waals surface area contributed by atoms with Gasteiger partial charge in [0.05, 0.1) is 22.7 Å². The van der Waals surface area contributed by atoms with Crippen LogP contribution in [0.1, 0.15) is 30.4 Å². The summed E-state index contributed by atoms with van der Waals surface area (Å²) in [4.78, 5) is 7.30. The molecule has 2 aliphatic rings. The summed E-state index contributed by atoms with van der Waals surface area (Å²) in [6, 6.07) is 43.6. The number of rotatable bonds is 11. The average Bonchev–Trinajstić information content (AvgIpc) is 3.11. The van der Waals surface area contributed by atoms with Gasteiger partial charge in [0, 0.05) is 43.9 Å². The van der Waals surface area contributed by atoms with Crippen molar-refractivity contribution in [3.05, 3.63) is 163 Å². The molecule has 0 bridgehead atoms. The van der Waals surface area contributed by atoms with Gasteiger partial charge in [0.25, 0.3) is 0 Å². The van der Waals surface area contributed by atoms with E-state index >= 15 is 0 Å². The van der Waals surface area contributed by atoms with Crippen LogP contribution in [0, 0.1) is 0 Å². The van der Waals surface area contributed by atoms with Gasteiger partial charge in [-0.3, -0.25) is 0 Å². The van der Waals surface area contributed by atoms with Gasteiger partial charge >= 0.3 is 0 Å². The molecule has 4 aromatic carbocycles. The van der Waals surface area contributed by atoms with Crippen LogP contribution in [0.3, 0.4) is 0 Å². The number of hydrogen-bond acceptors (Lipinski definition) is 3. The second-order valence-electron chi connectivity index (χ2n) is 11.9. The topological polar surface area (TPSA) is 13.6 Å². The van der Waals surface area contributed by atoms with Crippen LogP contribution in [0.15, 0.2) is 152 Å². The summed E-state index contributed by atoms with van der Waals surface area (Å²) in [6.45, 7) is 4.05. The number of benzene rings is 4. The number of unbranched alkanes of at least 4 members (excludes halogenated alkanes) is 1. The lowest BCUT2D eigenvalue weighted by Crippen LogP contribution is -2.33. The first kappa shape index (κ1) is 28.7. The maximum absolute atomic E-state index is 2.50. The molecule has 2 aliphatic heterocycles. The Kier molecular flexibility index (Phi) is 8.72. The van der Waals surface area contributed by atoms with Gasteiger partial charge in [-0.05, 0) is 84.6 Å². The first-order chi connectivity index (χ1) is 22.3. The molecule has 0 aliphatic carbocycles. The van der Waals surface area contributed by atoms with E-state index in [1.165, 1.54) is 51.6 Å². The highest BCUT2D eigenvalue weighted by atomic mass is 15.3. The molecule has 0 unspecified atom stereocenters. The number of hydrogen-bond donors (Lipinski definition) is 0. The van der Waals surface area contributed by atoms with E-state index in [0.717, 1.165) is 45.4 Å². The monoisotopic (exact) mass is 589 g/mol. The zero-order valence-electron chi connectivity index (χ0n) is 25.9. The first-order valence-electron chi connectivity index (χ1n) is 16.3. The summed E-state index contributed by atoms with van der Waals surface area (Å²) in [5.74, 6) is 0. The molecule has 0 saturated carbocycles. The molecular formula is C41H41N4+. The second kappa shape index (κ2) is 13.7. The summed E-state index contributed by atoms with van der Waals surface area (Å²) in [7, 11) is 0. The van der Waals surface area contributed by atoms with Crippen molar-refractivity contribution in [2.45, 2.75) is 32.2 Å². The third kappa shape index (κ3) is 6.56. The number of aryl methyl sites for hydroxylation is 2. The maximum atomic E-state index is 2.50. The summed E-state index contributed by atoms with van der Waals surface area (Å²) in [5.41, 5.74) is 10.2. The molecule has 45 heavy (non-hydrogen) atoms. The van der Waals surface area contributed by atoms with E-state index in [0.29, 0.717) is 0 Å². The Morgan fingerprint density at radius 3 is 1.84 bits per heavy atom. The number of para-hydroxylation sites is 5. The smallest absolute Gasteiger partial charge is 0.169 e. The first-order valence-corrected chi connectivity index (χ1v) is 16.3. The minimum absolute atomic E-state index is 0.974. The fourth-order valence-electron chi connectivity index (χ4n) is 6.52. The highest BCUT2D eigenvalue weighted by Crippen LogP contribution is 2.51. The van der Waals surface area contributed by atoms with Crippen LogP contribution >= 0.6 is 0 Å². The molecule has 0 saturated heterocycles. The van der Waals surface area contributed by atoms with Crippen molar-refractivity contribution < 1.29 is 4.57 Å². The lowest BCUT2D eigenvalue weighted by Gasteiger charge is -2.40. The molecule has 3 heterocycles. The van der Waals surface area contributed by atoms with Crippen molar-refractivity contribution in [3.63, 3.8) is 0 Å². The Morgan fingerprint density at radius 2 is 1.20 bits per heavy atom. The van der Waals surface area contributed by atoms with Crippen LogP contribution in [-0.4, -0.2) is 24.5 Å². The van der Waals surface area contributed by atoms with Gasteiger partial charge in [-0.1, -0.05) is 78.9 Å². The van der Waals surface area contributed by atoms with Gasteiger partial charge in [0.15, 0.2) is 12.4 Å². The van der Waals surface area contributed by atoms with Crippen molar-refractivity contribution in [3.8, 4) is 0 Å². The van der Waals surface area contributed by atoms with E-state index in [9.17, 15) is 0 Å². The van der Waals surface area contributed by atoms with Crippen molar-refractivity contribution >= 4 is 34.0 Å².